The first kappa shape index (κ1) is 16.5. The summed E-state index contributed by atoms with van der Waals surface area (Å²) in [5.41, 5.74) is 6.02. The lowest BCUT2D eigenvalue weighted by molar-refractivity contribution is -0.149. The number of nitrogens with one attached hydrogen (secondary N) is 2. The van der Waals surface area contributed by atoms with Crippen LogP contribution in [0.15, 0.2) is 0 Å². The highest BCUT2D eigenvalue weighted by Crippen LogP contribution is 2.07. The average Bonchev–Trinajstić information content (AvgIpc) is 2.33. The van der Waals surface area contributed by atoms with Crippen LogP contribution in [0.3, 0.4) is 0 Å². The van der Waals surface area contributed by atoms with E-state index in [9.17, 15) is 0 Å². The van der Waals surface area contributed by atoms with Gasteiger partial charge in [0.1, 0.15) is 0 Å². The molecule has 0 heterocycles. The van der Waals surface area contributed by atoms with Gasteiger partial charge >= 0.3 is 0 Å². The van der Waals surface area contributed by atoms with Gasteiger partial charge in [0.2, 0.25) is 0 Å². The fourth-order valence-corrected chi connectivity index (χ4v) is 1.56. The maximum atomic E-state index is 6.86. The van der Waals surface area contributed by atoms with Gasteiger partial charge in [-0.25, -0.2) is 0 Å². The molecule has 0 saturated heterocycles. The van der Waals surface area contributed by atoms with Gasteiger partial charge in [-0.1, -0.05) is 6.42 Å². The number of unbranched alkanes of at least 4 members (excludes halogenated alkanes) is 1. The Kier molecular flexibility index (Phi) is 11.6. The molecule has 0 aromatic rings. The summed E-state index contributed by atoms with van der Waals surface area (Å²) in [5, 5.41) is 10.0. The summed E-state index contributed by atoms with van der Waals surface area (Å²) in [6.45, 7) is 6.71. The Hall–Kier alpha value is -0.490. The molecule has 0 bridgehead atoms. The SMILES string of the molecule is CCOC(OCC)C(N)CCCCNCC=N. The summed E-state index contributed by atoms with van der Waals surface area (Å²) >= 11 is 0. The Morgan fingerprint density at radius 1 is 1.24 bits per heavy atom. The summed E-state index contributed by atoms with van der Waals surface area (Å²) < 4.78 is 10.9. The van der Waals surface area contributed by atoms with E-state index in [1.165, 1.54) is 6.21 Å². The van der Waals surface area contributed by atoms with E-state index in [1.54, 1.807) is 0 Å². The molecule has 5 heteroatoms. The molecule has 0 saturated carbocycles. The fourth-order valence-electron chi connectivity index (χ4n) is 1.56. The van der Waals surface area contributed by atoms with Gasteiger partial charge in [0, 0.05) is 26.0 Å². The second kappa shape index (κ2) is 12.0. The van der Waals surface area contributed by atoms with Crippen LogP contribution < -0.4 is 11.1 Å². The lowest BCUT2D eigenvalue weighted by Crippen LogP contribution is -2.39. The highest BCUT2D eigenvalue weighted by molar-refractivity contribution is 5.55. The zero-order valence-electron chi connectivity index (χ0n) is 11.1. The third kappa shape index (κ3) is 9.23. The topological polar surface area (TPSA) is 80.4 Å². The number of rotatable bonds is 12. The smallest absolute Gasteiger partial charge is 0.172 e. The molecule has 0 amide bonds. The van der Waals surface area contributed by atoms with Gasteiger partial charge in [0.15, 0.2) is 6.29 Å². The minimum Gasteiger partial charge on any atom is -0.351 e. The van der Waals surface area contributed by atoms with Crippen molar-refractivity contribution in [1.82, 2.24) is 5.32 Å². The van der Waals surface area contributed by atoms with Crippen LogP contribution in [-0.2, 0) is 9.47 Å². The maximum absolute atomic E-state index is 6.86. The van der Waals surface area contributed by atoms with E-state index < -0.39 is 0 Å². The van der Waals surface area contributed by atoms with Crippen molar-refractivity contribution in [1.29, 1.82) is 5.41 Å². The van der Waals surface area contributed by atoms with Crippen LogP contribution >= 0.6 is 0 Å². The Labute approximate surface area is 105 Å². The highest BCUT2D eigenvalue weighted by Gasteiger charge is 2.17. The van der Waals surface area contributed by atoms with Crippen LogP contribution in [0.25, 0.3) is 0 Å². The summed E-state index contributed by atoms with van der Waals surface area (Å²) in [6, 6.07) is -0.0577. The normalized spacial score (nSPS) is 12.9. The molecule has 0 aromatic heterocycles. The first-order valence-corrected chi connectivity index (χ1v) is 6.44. The largest absolute Gasteiger partial charge is 0.351 e. The Morgan fingerprint density at radius 2 is 1.88 bits per heavy atom. The Morgan fingerprint density at radius 3 is 2.41 bits per heavy atom. The van der Waals surface area contributed by atoms with Crippen molar-refractivity contribution in [2.75, 3.05) is 26.3 Å². The third-order valence-corrected chi connectivity index (χ3v) is 2.40. The van der Waals surface area contributed by atoms with E-state index in [2.05, 4.69) is 5.32 Å². The van der Waals surface area contributed by atoms with E-state index >= 15 is 0 Å². The molecule has 102 valence electrons. The van der Waals surface area contributed by atoms with Crippen molar-refractivity contribution in [2.24, 2.45) is 5.73 Å². The molecule has 0 rings (SSSR count). The zero-order valence-corrected chi connectivity index (χ0v) is 11.1. The molecule has 17 heavy (non-hydrogen) atoms. The van der Waals surface area contributed by atoms with Crippen molar-refractivity contribution < 1.29 is 9.47 Å². The predicted molar refractivity (Wildman–Crippen MR) is 70.5 cm³/mol. The van der Waals surface area contributed by atoms with Gasteiger partial charge in [-0.2, -0.15) is 0 Å². The van der Waals surface area contributed by atoms with E-state index in [4.69, 9.17) is 20.6 Å². The second-order valence-corrected chi connectivity index (χ2v) is 3.85. The second-order valence-electron chi connectivity index (χ2n) is 3.85. The molecular formula is C12H27N3O2. The van der Waals surface area contributed by atoms with Gasteiger partial charge in [-0.15, -0.1) is 0 Å². The van der Waals surface area contributed by atoms with Gasteiger partial charge < -0.3 is 25.9 Å². The first-order chi connectivity index (χ1) is 8.26. The molecular weight excluding hydrogens is 218 g/mol. The molecule has 0 radical (unpaired) electrons. The molecule has 0 aliphatic heterocycles. The minimum atomic E-state index is -0.278. The van der Waals surface area contributed by atoms with Gasteiger partial charge in [-0.05, 0) is 33.2 Å². The zero-order chi connectivity index (χ0) is 12.9. The lowest BCUT2D eigenvalue weighted by atomic mass is 10.1. The van der Waals surface area contributed by atoms with Crippen molar-refractivity contribution >= 4 is 6.21 Å². The summed E-state index contributed by atoms with van der Waals surface area (Å²) in [4.78, 5) is 0. The molecule has 0 aliphatic rings. The van der Waals surface area contributed by atoms with Crippen LogP contribution in [0.2, 0.25) is 0 Å². The van der Waals surface area contributed by atoms with E-state index in [1.807, 2.05) is 13.8 Å². The maximum Gasteiger partial charge on any atom is 0.172 e. The lowest BCUT2D eigenvalue weighted by Gasteiger charge is -2.23. The van der Waals surface area contributed by atoms with Gasteiger partial charge in [-0.3, -0.25) is 0 Å². The van der Waals surface area contributed by atoms with Crippen molar-refractivity contribution in [3.63, 3.8) is 0 Å². The first-order valence-electron chi connectivity index (χ1n) is 6.44. The van der Waals surface area contributed by atoms with Crippen LogP contribution in [0.5, 0.6) is 0 Å². The van der Waals surface area contributed by atoms with Crippen LogP contribution in [0.4, 0.5) is 0 Å². The summed E-state index contributed by atoms with van der Waals surface area (Å²) in [7, 11) is 0. The van der Waals surface area contributed by atoms with Crippen LogP contribution in [0, 0.1) is 5.41 Å². The van der Waals surface area contributed by atoms with Crippen molar-refractivity contribution in [3.8, 4) is 0 Å². The summed E-state index contributed by atoms with van der Waals surface area (Å²) in [6.07, 6.45) is 4.10. The molecule has 1 atom stereocenters. The third-order valence-electron chi connectivity index (χ3n) is 2.40. The molecule has 0 aliphatic carbocycles. The molecule has 0 aromatic carbocycles. The quantitative estimate of drug-likeness (QED) is 0.273. The Bertz CT molecular complexity index is 173. The van der Waals surface area contributed by atoms with E-state index in [0.29, 0.717) is 19.8 Å². The highest BCUT2D eigenvalue weighted by atomic mass is 16.7. The minimum absolute atomic E-state index is 0.0577. The molecule has 1 unspecified atom stereocenters. The van der Waals surface area contributed by atoms with Crippen molar-refractivity contribution in [3.05, 3.63) is 0 Å². The monoisotopic (exact) mass is 245 g/mol. The molecule has 0 spiro atoms. The molecule has 4 N–H and O–H groups in total. The van der Waals surface area contributed by atoms with Gasteiger partial charge in [0.25, 0.3) is 0 Å². The van der Waals surface area contributed by atoms with E-state index in [-0.39, 0.29) is 12.3 Å². The fraction of sp³-hybridized carbons (Fsp3) is 0.917. The van der Waals surface area contributed by atoms with Crippen molar-refractivity contribution in [2.45, 2.75) is 45.4 Å². The number of hydrogen-bond acceptors (Lipinski definition) is 5. The van der Waals surface area contributed by atoms with Crippen LogP contribution in [-0.4, -0.2) is 44.8 Å². The standard InChI is InChI=1S/C12H27N3O2/c1-3-16-12(17-4-2)11(14)7-5-6-9-15-10-8-13/h8,11-13,15H,3-7,9-10,14H2,1-2H3. The summed E-state index contributed by atoms with van der Waals surface area (Å²) in [5.74, 6) is 0. The number of ether oxygens (including phenoxy) is 2. The van der Waals surface area contributed by atoms with Gasteiger partial charge in [0.05, 0.1) is 6.04 Å². The molecule has 0 fully saturated rings. The van der Waals surface area contributed by atoms with Crippen LogP contribution in [0.1, 0.15) is 33.1 Å². The Balaban J connectivity index is 3.58. The average molecular weight is 245 g/mol. The predicted octanol–water partition coefficient (Wildman–Crippen LogP) is 1.12. The number of hydrogen-bond donors (Lipinski definition) is 3. The van der Waals surface area contributed by atoms with E-state index in [0.717, 1.165) is 25.8 Å². The molecule has 5 nitrogen and oxygen atoms in total. The number of nitrogens with two attached hydrogens (primary N) is 1.